The van der Waals surface area contributed by atoms with Crippen LogP contribution in [0.5, 0.6) is 5.75 Å². The second kappa shape index (κ2) is 5.39. The molecule has 18 heavy (non-hydrogen) atoms. The van der Waals surface area contributed by atoms with Crippen LogP contribution in [-0.4, -0.2) is 42.1 Å². The lowest BCUT2D eigenvalue weighted by Gasteiger charge is -2.29. The van der Waals surface area contributed by atoms with E-state index in [1.165, 1.54) is 11.3 Å². The molecule has 1 aliphatic rings. The summed E-state index contributed by atoms with van der Waals surface area (Å²) in [7, 11) is 1.56. The Labute approximate surface area is 109 Å². The number of amides is 1. The number of carbonyl (C=O) groups excluding carboxylic acids is 1. The molecule has 0 aromatic carbocycles. The average Bonchev–Trinajstić information content (AvgIpc) is 2.86. The maximum atomic E-state index is 12.1. The molecule has 1 saturated heterocycles. The Morgan fingerprint density at radius 2 is 2.11 bits per heavy atom. The highest BCUT2D eigenvalue weighted by Crippen LogP contribution is 2.25. The number of carboxylic acid groups (broad SMARTS) is 1. The molecule has 0 saturated carbocycles. The van der Waals surface area contributed by atoms with E-state index >= 15 is 0 Å². The second-order valence-electron chi connectivity index (χ2n) is 4.26. The van der Waals surface area contributed by atoms with Crippen LogP contribution in [0.1, 0.15) is 22.5 Å². The van der Waals surface area contributed by atoms with Gasteiger partial charge in [0.25, 0.3) is 5.91 Å². The number of aliphatic carboxylic acids is 1. The van der Waals surface area contributed by atoms with E-state index in [-0.39, 0.29) is 11.8 Å². The summed E-state index contributed by atoms with van der Waals surface area (Å²) in [6, 6.07) is 1.72. The molecule has 5 nitrogen and oxygen atoms in total. The first-order chi connectivity index (χ1) is 8.61. The minimum absolute atomic E-state index is 0.0351. The van der Waals surface area contributed by atoms with Crippen molar-refractivity contribution < 1.29 is 19.4 Å². The topological polar surface area (TPSA) is 66.8 Å². The molecule has 98 valence electrons. The van der Waals surface area contributed by atoms with Gasteiger partial charge in [0.1, 0.15) is 5.75 Å². The van der Waals surface area contributed by atoms with Crippen LogP contribution in [0.3, 0.4) is 0 Å². The van der Waals surface area contributed by atoms with Crippen molar-refractivity contribution in [3.8, 4) is 5.75 Å². The number of hydrogen-bond acceptors (Lipinski definition) is 4. The van der Waals surface area contributed by atoms with Crippen molar-refractivity contribution in [1.82, 2.24) is 4.90 Å². The van der Waals surface area contributed by atoms with E-state index in [1.807, 2.05) is 0 Å². The van der Waals surface area contributed by atoms with E-state index in [2.05, 4.69) is 0 Å². The van der Waals surface area contributed by atoms with E-state index in [1.54, 1.807) is 23.5 Å². The van der Waals surface area contributed by atoms with E-state index in [4.69, 9.17) is 9.84 Å². The number of hydrogen-bond donors (Lipinski definition) is 1. The highest BCUT2D eigenvalue weighted by molar-refractivity contribution is 7.12. The van der Waals surface area contributed by atoms with Gasteiger partial charge >= 0.3 is 5.97 Å². The van der Waals surface area contributed by atoms with Crippen molar-refractivity contribution in [2.75, 3.05) is 20.2 Å². The monoisotopic (exact) mass is 269 g/mol. The molecular weight excluding hydrogens is 254 g/mol. The Hall–Kier alpha value is -1.56. The number of piperidine rings is 1. The maximum Gasteiger partial charge on any atom is 0.306 e. The van der Waals surface area contributed by atoms with Gasteiger partial charge in [0.05, 0.1) is 17.9 Å². The molecule has 1 aromatic heterocycles. The van der Waals surface area contributed by atoms with Gasteiger partial charge in [-0.25, -0.2) is 0 Å². The minimum atomic E-state index is -0.764. The largest absolute Gasteiger partial charge is 0.496 e. The van der Waals surface area contributed by atoms with Crippen LogP contribution in [0, 0.1) is 5.92 Å². The standard InChI is InChI=1S/C12H15NO4S/c1-17-9-6-10(18-7-9)11(14)13-4-2-8(3-5-13)12(15)16/h6-8H,2-5H2,1H3,(H,15,16). The summed E-state index contributed by atoms with van der Waals surface area (Å²) in [5, 5.41) is 10.7. The summed E-state index contributed by atoms with van der Waals surface area (Å²) in [4.78, 5) is 25.3. The van der Waals surface area contributed by atoms with Crippen LogP contribution in [0.4, 0.5) is 0 Å². The fraction of sp³-hybridized carbons (Fsp3) is 0.500. The molecule has 0 aliphatic carbocycles. The third kappa shape index (κ3) is 2.64. The zero-order valence-corrected chi connectivity index (χ0v) is 10.9. The van der Waals surface area contributed by atoms with Crippen LogP contribution < -0.4 is 4.74 Å². The van der Waals surface area contributed by atoms with Crippen molar-refractivity contribution in [2.45, 2.75) is 12.8 Å². The smallest absolute Gasteiger partial charge is 0.306 e. The molecule has 1 aliphatic heterocycles. The van der Waals surface area contributed by atoms with Crippen molar-refractivity contribution in [3.63, 3.8) is 0 Å². The SMILES string of the molecule is COc1csc(C(=O)N2CCC(C(=O)O)CC2)c1. The van der Waals surface area contributed by atoms with Gasteiger partial charge < -0.3 is 14.7 Å². The van der Waals surface area contributed by atoms with Crippen LogP contribution in [0.2, 0.25) is 0 Å². The van der Waals surface area contributed by atoms with Crippen molar-refractivity contribution in [2.24, 2.45) is 5.92 Å². The number of carboxylic acids is 1. The molecule has 0 bridgehead atoms. The average molecular weight is 269 g/mol. The predicted octanol–water partition coefficient (Wildman–Crippen LogP) is 1.69. The molecule has 1 fully saturated rings. The molecule has 1 N–H and O–H groups in total. The van der Waals surface area contributed by atoms with Gasteiger partial charge in [-0.1, -0.05) is 0 Å². The summed E-state index contributed by atoms with van der Waals surface area (Å²) < 4.78 is 5.04. The van der Waals surface area contributed by atoms with Crippen LogP contribution in [0.15, 0.2) is 11.4 Å². The van der Waals surface area contributed by atoms with Gasteiger partial charge in [-0.05, 0) is 12.8 Å². The molecule has 2 rings (SSSR count). The third-order valence-corrected chi connectivity index (χ3v) is 4.05. The summed E-state index contributed by atoms with van der Waals surface area (Å²) in [6.45, 7) is 1.02. The van der Waals surface area contributed by atoms with Crippen LogP contribution in [0.25, 0.3) is 0 Å². The number of methoxy groups -OCH3 is 1. The first-order valence-electron chi connectivity index (χ1n) is 5.76. The number of rotatable bonds is 3. The van der Waals surface area contributed by atoms with E-state index in [9.17, 15) is 9.59 Å². The Balaban J connectivity index is 1.97. The Bertz CT molecular complexity index is 449. The van der Waals surface area contributed by atoms with Gasteiger partial charge in [-0.15, -0.1) is 11.3 Å². The zero-order chi connectivity index (χ0) is 13.1. The summed E-state index contributed by atoms with van der Waals surface area (Å²) in [5.41, 5.74) is 0. The van der Waals surface area contributed by atoms with Crippen LogP contribution >= 0.6 is 11.3 Å². The molecule has 0 atom stereocenters. The lowest BCUT2D eigenvalue weighted by Crippen LogP contribution is -2.39. The van der Waals surface area contributed by atoms with Crippen molar-refractivity contribution in [1.29, 1.82) is 0 Å². The van der Waals surface area contributed by atoms with Gasteiger partial charge in [-0.2, -0.15) is 0 Å². The number of ether oxygens (including phenoxy) is 1. The van der Waals surface area contributed by atoms with Crippen molar-refractivity contribution >= 4 is 23.2 Å². The second-order valence-corrected chi connectivity index (χ2v) is 5.17. The number of likely N-dealkylation sites (tertiary alicyclic amines) is 1. The number of carbonyl (C=O) groups is 2. The van der Waals surface area contributed by atoms with E-state index in [0.29, 0.717) is 36.6 Å². The Morgan fingerprint density at radius 1 is 1.44 bits per heavy atom. The van der Waals surface area contributed by atoms with Gasteiger partial charge in [0, 0.05) is 24.5 Å². The van der Waals surface area contributed by atoms with E-state index < -0.39 is 5.97 Å². The first kappa shape index (κ1) is 12.9. The Kier molecular flexibility index (Phi) is 3.86. The normalized spacial score (nSPS) is 16.6. The molecule has 0 spiro atoms. The highest BCUT2D eigenvalue weighted by atomic mass is 32.1. The lowest BCUT2D eigenvalue weighted by atomic mass is 9.97. The summed E-state index contributed by atoms with van der Waals surface area (Å²) in [5.74, 6) is -0.428. The first-order valence-corrected chi connectivity index (χ1v) is 6.64. The molecule has 1 amide bonds. The molecule has 0 unspecified atom stereocenters. The zero-order valence-electron chi connectivity index (χ0n) is 10.1. The van der Waals surface area contributed by atoms with Gasteiger partial charge in [0.15, 0.2) is 0 Å². The minimum Gasteiger partial charge on any atom is -0.496 e. The highest BCUT2D eigenvalue weighted by Gasteiger charge is 2.28. The Morgan fingerprint density at radius 3 is 2.61 bits per heavy atom. The third-order valence-electron chi connectivity index (χ3n) is 3.15. The van der Waals surface area contributed by atoms with Crippen molar-refractivity contribution in [3.05, 3.63) is 16.3 Å². The molecule has 2 heterocycles. The summed E-state index contributed by atoms with van der Waals surface area (Å²) >= 11 is 1.35. The summed E-state index contributed by atoms with van der Waals surface area (Å²) in [6.07, 6.45) is 1.06. The quantitative estimate of drug-likeness (QED) is 0.906. The van der Waals surface area contributed by atoms with E-state index in [0.717, 1.165) is 0 Å². The maximum absolute atomic E-state index is 12.1. The molecule has 0 radical (unpaired) electrons. The lowest BCUT2D eigenvalue weighted by molar-refractivity contribution is -0.143. The number of nitrogens with zero attached hydrogens (tertiary/aromatic N) is 1. The molecular formula is C12H15NO4S. The predicted molar refractivity (Wildman–Crippen MR) is 67.1 cm³/mol. The van der Waals surface area contributed by atoms with Gasteiger partial charge in [0.2, 0.25) is 0 Å². The number of thiophene rings is 1. The molecule has 1 aromatic rings. The molecule has 6 heteroatoms. The fourth-order valence-electron chi connectivity index (χ4n) is 2.02. The van der Waals surface area contributed by atoms with Crippen LogP contribution in [-0.2, 0) is 4.79 Å². The van der Waals surface area contributed by atoms with Gasteiger partial charge in [-0.3, -0.25) is 9.59 Å². The fourth-order valence-corrected chi connectivity index (χ4v) is 2.84.